The first-order valence-corrected chi connectivity index (χ1v) is 4.16. The van der Waals surface area contributed by atoms with Crippen LogP contribution in [0, 0.1) is 17.3 Å². The first-order valence-electron chi connectivity index (χ1n) is 4.16. The highest BCUT2D eigenvalue weighted by Crippen LogP contribution is 2.16. The molecule has 0 aromatic heterocycles. The van der Waals surface area contributed by atoms with Crippen LogP contribution in [0.1, 0.15) is 34.1 Å². The van der Waals surface area contributed by atoms with Gasteiger partial charge in [-0.3, -0.25) is 0 Å². The molecule has 1 heteroatoms. The molecule has 0 radical (unpaired) electrons. The summed E-state index contributed by atoms with van der Waals surface area (Å²) in [6.07, 6.45) is 1.21. The Morgan fingerprint density at radius 1 is 1.27 bits per heavy atom. The third kappa shape index (κ3) is 9.52. The lowest BCUT2D eigenvalue weighted by molar-refractivity contribution is 0.371. The van der Waals surface area contributed by atoms with E-state index in [0.717, 1.165) is 13.1 Å². The van der Waals surface area contributed by atoms with Crippen LogP contribution in [0.15, 0.2) is 0 Å². The van der Waals surface area contributed by atoms with Crippen molar-refractivity contribution in [2.45, 2.75) is 34.1 Å². The molecule has 0 aliphatic rings. The molecular weight excluding hydrogens is 134 g/mol. The van der Waals surface area contributed by atoms with Gasteiger partial charge in [0, 0.05) is 0 Å². The van der Waals surface area contributed by atoms with Gasteiger partial charge in [0.15, 0.2) is 0 Å². The molecule has 0 heterocycles. The van der Waals surface area contributed by atoms with Crippen molar-refractivity contribution in [2.75, 3.05) is 13.1 Å². The van der Waals surface area contributed by atoms with Crippen LogP contribution >= 0.6 is 0 Å². The van der Waals surface area contributed by atoms with Gasteiger partial charge in [-0.05, 0) is 25.3 Å². The lowest BCUT2D eigenvalue weighted by atomic mass is 9.92. The van der Waals surface area contributed by atoms with Crippen molar-refractivity contribution in [3.8, 4) is 11.8 Å². The number of rotatable bonds is 3. The molecule has 11 heavy (non-hydrogen) atoms. The van der Waals surface area contributed by atoms with Crippen molar-refractivity contribution in [1.82, 2.24) is 5.32 Å². The molecular formula is C10H19N. The summed E-state index contributed by atoms with van der Waals surface area (Å²) in [5, 5.41) is 3.27. The second-order valence-electron chi connectivity index (χ2n) is 3.91. The summed E-state index contributed by atoms with van der Waals surface area (Å²) in [4.78, 5) is 0. The summed E-state index contributed by atoms with van der Waals surface area (Å²) in [5.41, 5.74) is 0.437. The molecule has 0 fully saturated rings. The minimum atomic E-state index is 0.437. The average molecular weight is 153 g/mol. The highest BCUT2D eigenvalue weighted by atomic mass is 14.8. The van der Waals surface area contributed by atoms with Gasteiger partial charge in [0.2, 0.25) is 0 Å². The van der Waals surface area contributed by atoms with Crippen molar-refractivity contribution in [3.63, 3.8) is 0 Å². The monoisotopic (exact) mass is 153 g/mol. The van der Waals surface area contributed by atoms with Gasteiger partial charge in [-0.15, -0.1) is 5.92 Å². The van der Waals surface area contributed by atoms with Gasteiger partial charge in [-0.25, -0.2) is 0 Å². The summed E-state index contributed by atoms with van der Waals surface area (Å²) in [6.45, 7) is 10.5. The van der Waals surface area contributed by atoms with E-state index in [9.17, 15) is 0 Å². The Morgan fingerprint density at radius 2 is 1.91 bits per heavy atom. The molecule has 0 aliphatic carbocycles. The van der Waals surface area contributed by atoms with Gasteiger partial charge in [0.25, 0.3) is 0 Å². The maximum absolute atomic E-state index is 3.27. The maximum Gasteiger partial charge on any atom is 0.0576 e. The molecule has 1 nitrogen and oxygen atoms in total. The Hall–Kier alpha value is -0.480. The van der Waals surface area contributed by atoms with E-state index in [1.165, 1.54) is 6.42 Å². The maximum atomic E-state index is 3.27. The van der Waals surface area contributed by atoms with Crippen molar-refractivity contribution >= 4 is 0 Å². The SMILES string of the molecule is CC#CCNCCC(C)(C)C. The zero-order chi connectivity index (χ0) is 8.74. The normalized spacial score (nSPS) is 10.5. The standard InChI is InChI=1S/C10H19N/c1-5-6-8-11-9-7-10(2,3)4/h11H,7-9H2,1-4H3. The highest BCUT2D eigenvalue weighted by molar-refractivity contribution is 4.96. The van der Waals surface area contributed by atoms with Crippen LogP contribution in [0.3, 0.4) is 0 Å². The van der Waals surface area contributed by atoms with Gasteiger partial charge < -0.3 is 5.32 Å². The first kappa shape index (κ1) is 10.5. The predicted molar refractivity (Wildman–Crippen MR) is 50.4 cm³/mol. The quantitative estimate of drug-likeness (QED) is 0.483. The van der Waals surface area contributed by atoms with Gasteiger partial charge in [0.05, 0.1) is 6.54 Å². The molecule has 0 saturated heterocycles. The van der Waals surface area contributed by atoms with Crippen LogP contribution in [0.2, 0.25) is 0 Å². The third-order valence-corrected chi connectivity index (χ3v) is 1.44. The summed E-state index contributed by atoms with van der Waals surface area (Å²) in [7, 11) is 0. The summed E-state index contributed by atoms with van der Waals surface area (Å²) < 4.78 is 0. The van der Waals surface area contributed by atoms with E-state index < -0.39 is 0 Å². The van der Waals surface area contributed by atoms with Crippen LogP contribution in [-0.2, 0) is 0 Å². The van der Waals surface area contributed by atoms with Crippen molar-refractivity contribution in [2.24, 2.45) is 5.41 Å². The number of hydrogen-bond acceptors (Lipinski definition) is 1. The first-order chi connectivity index (χ1) is 5.06. The van der Waals surface area contributed by atoms with Crippen LogP contribution < -0.4 is 5.32 Å². The van der Waals surface area contributed by atoms with Gasteiger partial charge in [0.1, 0.15) is 0 Å². The van der Waals surface area contributed by atoms with Crippen molar-refractivity contribution < 1.29 is 0 Å². The highest BCUT2D eigenvalue weighted by Gasteiger charge is 2.07. The lowest BCUT2D eigenvalue weighted by Gasteiger charge is -2.17. The summed E-state index contributed by atoms with van der Waals surface area (Å²) in [5.74, 6) is 5.83. The van der Waals surface area contributed by atoms with Crippen LogP contribution in [0.5, 0.6) is 0 Å². The second kappa shape index (κ2) is 5.21. The van der Waals surface area contributed by atoms with E-state index in [2.05, 4.69) is 37.9 Å². The molecule has 0 spiro atoms. The Kier molecular flexibility index (Phi) is 4.98. The van der Waals surface area contributed by atoms with E-state index in [1.807, 2.05) is 6.92 Å². The zero-order valence-electron chi connectivity index (χ0n) is 8.12. The fraction of sp³-hybridized carbons (Fsp3) is 0.800. The number of hydrogen-bond donors (Lipinski definition) is 1. The van der Waals surface area contributed by atoms with Gasteiger partial charge >= 0.3 is 0 Å². The molecule has 0 atom stereocenters. The molecule has 0 rings (SSSR count). The smallest absolute Gasteiger partial charge is 0.0576 e. The van der Waals surface area contributed by atoms with E-state index in [4.69, 9.17) is 0 Å². The summed E-state index contributed by atoms with van der Waals surface area (Å²) >= 11 is 0. The molecule has 0 aromatic carbocycles. The fourth-order valence-electron chi connectivity index (χ4n) is 0.703. The van der Waals surface area contributed by atoms with E-state index in [1.54, 1.807) is 0 Å². The van der Waals surface area contributed by atoms with Gasteiger partial charge in [-0.1, -0.05) is 26.7 Å². The van der Waals surface area contributed by atoms with Crippen LogP contribution in [0.25, 0.3) is 0 Å². The molecule has 0 aromatic rings. The second-order valence-corrected chi connectivity index (χ2v) is 3.91. The average Bonchev–Trinajstić information content (AvgIpc) is 1.85. The van der Waals surface area contributed by atoms with Gasteiger partial charge in [-0.2, -0.15) is 0 Å². The molecule has 0 bridgehead atoms. The topological polar surface area (TPSA) is 12.0 Å². The van der Waals surface area contributed by atoms with Crippen LogP contribution in [-0.4, -0.2) is 13.1 Å². The third-order valence-electron chi connectivity index (χ3n) is 1.44. The minimum absolute atomic E-state index is 0.437. The van der Waals surface area contributed by atoms with Crippen LogP contribution in [0.4, 0.5) is 0 Å². The van der Waals surface area contributed by atoms with E-state index in [0.29, 0.717) is 5.41 Å². The summed E-state index contributed by atoms with van der Waals surface area (Å²) in [6, 6.07) is 0. The molecule has 0 amide bonds. The lowest BCUT2D eigenvalue weighted by Crippen LogP contribution is -2.20. The molecule has 64 valence electrons. The Bertz CT molecular complexity index is 142. The fourth-order valence-corrected chi connectivity index (χ4v) is 0.703. The predicted octanol–water partition coefficient (Wildman–Crippen LogP) is 2.04. The minimum Gasteiger partial charge on any atom is -0.306 e. The van der Waals surface area contributed by atoms with E-state index in [-0.39, 0.29) is 0 Å². The van der Waals surface area contributed by atoms with Crippen molar-refractivity contribution in [1.29, 1.82) is 0 Å². The number of nitrogens with one attached hydrogen (secondary N) is 1. The Balaban J connectivity index is 3.19. The largest absolute Gasteiger partial charge is 0.306 e. The zero-order valence-corrected chi connectivity index (χ0v) is 8.12. The Morgan fingerprint density at radius 3 is 2.36 bits per heavy atom. The molecule has 0 saturated carbocycles. The van der Waals surface area contributed by atoms with E-state index >= 15 is 0 Å². The molecule has 0 aliphatic heterocycles. The molecule has 0 unspecified atom stereocenters. The molecule has 1 N–H and O–H groups in total. The Labute approximate surface area is 70.6 Å². The van der Waals surface area contributed by atoms with Crippen molar-refractivity contribution in [3.05, 3.63) is 0 Å².